The van der Waals surface area contributed by atoms with Crippen LogP contribution in [-0.2, 0) is 4.79 Å². The Hall–Kier alpha value is -2.34. The number of rotatable bonds is 6. The summed E-state index contributed by atoms with van der Waals surface area (Å²) in [7, 11) is 0. The number of hydrogen-bond acceptors (Lipinski definition) is 4. The van der Waals surface area contributed by atoms with Gasteiger partial charge in [-0.3, -0.25) is 9.59 Å². The Bertz CT molecular complexity index is 706. The van der Waals surface area contributed by atoms with E-state index in [1.165, 1.54) is 0 Å². The lowest BCUT2D eigenvalue weighted by molar-refractivity contribution is -0.121. The lowest BCUT2D eigenvalue weighted by Gasteiger charge is -2.11. The van der Waals surface area contributed by atoms with Crippen LogP contribution in [-0.4, -0.2) is 29.1 Å². The Morgan fingerprint density at radius 2 is 2.04 bits per heavy atom. The Morgan fingerprint density at radius 3 is 2.87 bits per heavy atom. The van der Waals surface area contributed by atoms with E-state index in [-0.39, 0.29) is 24.3 Å². The molecule has 0 spiro atoms. The number of thioether (sulfide) groups is 1. The van der Waals surface area contributed by atoms with E-state index >= 15 is 0 Å². The minimum atomic E-state index is -0.234. The van der Waals surface area contributed by atoms with E-state index in [4.69, 9.17) is 0 Å². The predicted molar refractivity (Wildman–Crippen MR) is 89.2 cm³/mol. The van der Waals surface area contributed by atoms with Gasteiger partial charge in [-0.2, -0.15) is 0 Å². The average Bonchev–Trinajstić information content (AvgIpc) is 2.89. The average molecular weight is 327 g/mol. The summed E-state index contributed by atoms with van der Waals surface area (Å²) >= 11 is 1.60. The molecule has 2 N–H and O–H groups in total. The fourth-order valence-corrected chi connectivity index (χ4v) is 3.24. The largest absolute Gasteiger partial charge is 0.355 e. The topological polar surface area (TPSA) is 71.1 Å². The monoisotopic (exact) mass is 327 g/mol. The molecule has 3 rings (SSSR count). The number of nitrogens with one attached hydrogen (secondary N) is 2. The summed E-state index contributed by atoms with van der Waals surface area (Å²) in [5.74, 6) is 0.592. The molecule has 1 aliphatic heterocycles. The number of aromatic nitrogens is 1. The van der Waals surface area contributed by atoms with Gasteiger partial charge in [0.1, 0.15) is 0 Å². The van der Waals surface area contributed by atoms with E-state index in [1.807, 2.05) is 36.4 Å². The molecule has 0 fully saturated rings. The highest BCUT2D eigenvalue weighted by Gasteiger charge is 2.29. The summed E-state index contributed by atoms with van der Waals surface area (Å²) in [5.41, 5.74) is 1.56. The number of carbonyl (C=O) groups excluding carboxylic acids is 2. The second-order valence-electron chi connectivity index (χ2n) is 5.18. The SMILES string of the molecule is O=C(C[C@H]1NC(=O)c2ccccc21)NCCSc1ccccn1. The van der Waals surface area contributed by atoms with E-state index in [9.17, 15) is 9.59 Å². The van der Waals surface area contributed by atoms with E-state index in [1.54, 1.807) is 24.0 Å². The number of amides is 2. The molecule has 1 aromatic heterocycles. The van der Waals surface area contributed by atoms with Crippen molar-refractivity contribution in [3.05, 3.63) is 59.8 Å². The van der Waals surface area contributed by atoms with Gasteiger partial charge in [-0.15, -0.1) is 11.8 Å². The lowest BCUT2D eigenvalue weighted by atomic mass is 10.0. The number of hydrogen-bond donors (Lipinski definition) is 2. The maximum Gasteiger partial charge on any atom is 0.252 e. The van der Waals surface area contributed by atoms with Crippen molar-refractivity contribution < 1.29 is 9.59 Å². The first-order chi connectivity index (χ1) is 11.2. The number of benzene rings is 1. The van der Waals surface area contributed by atoms with Crippen LogP contribution in [0.4, 0.5) is 0 Å². The zero-order chi connectivity index (χ0) is 16.1. The molecule has 1 atom stereocenters. The standard InChI is InChI=1S/C17H17N3O2S/c21-15(18-9-10-23-16-7-3-4-8-19-16)11-14-12-5-1-2-6-13(12)17(22)20-14/h1-8,14H,9-11H2,(H,18,21)(H,20,22)/t14-/m1/s1. The van der Waals surface area contributed by atoms with Gasteiger partial charge in [-0.05, 0) is 23.8 Å². The highest BCUT2D eigenvalue weighted by Crippen LogP contribution is 2.27. The maximum absolute atomic E-state index is 12.0. The normalized spacial score (nSPS) is 15.8. The van der Waals surface area contributed by atoms with Crippen molar-refractivity contribution in [1.82, 2.24) is 15.6 Å². The van der Waals surface area contributed by atoms with Crippen molar-refractivity contribution in [2.75, 3.05) is 12.3 Å². The summed E-state index contributed by atoms with van der Waals surface area (Å²) < 4.78 is 0. The first-order valence-corrected chi connectivity index (χ1v) is 8.43. The van der Waals surface area contributed by atoms with Crippen LogP contribution in [0.1, 0.15) is 28.4 Å². The van der Waals surface area contributed by atoms with Crippen LogP contribution >= 0.6 is 11.8 Å². The van der Waals surface area contributed by atoms with Gasteiger partial charge in [-0.1, -0.05) is 24.3 Å². The van der Waals surface area contributed by atoms with Gasteiger partial charge in [0, 0.05) is 24.1 Å². The van der Waals surface area contributed by atoms with E-state index in [2.05, 4.69) is 15.6 Å². The third kappa shape index (κ3) is 3.90. The minimum Gasteiger partial charge on any atom is -0.355 e. The molecule has 118 valence electrons. The molecule has 23 heavy (non-hydrogen) atoms. The second kappa shape index (κ2) is 7.28. The summed E-state index contributed by atoms with van der Waals surface area (Å²) in [5, 5.41) is 6.68. The van der Waals surface area contributed by atoms with Gasteiger partial charge in [-0.25, -0.2) is 4.98 Å². The molecule has 6 heteroatoms. The Labute approximate surface area is 138 Å². The Morgan fingerprint density at radius 1 is 1.22 bits per heavy atom. The van der Waals surface area contributed by atoms with Gasteiger partial charge in [0.25, 0.3) is 5.91 Å². The first-order valence-electron chi connectivity index (χ1n) is 7.44. The fourth-order valence-electron chi connectivity index (χ4n) is 2.52. The van der Waals surface area contributed by atoms with Crippen molar-refractivity contribution in [2.24, 2.45) is 0 Å². The molecule has 2 heterocycles. The number of carbonyl (C=O) groups is 2. The summed E-state index contributed by atoms with van der Waals surface area (Å²) in [6.07, 6.45) is 2.01. The molecule has 1 aliphatic rings. The van der Waals surface area contributed by atoms with Crippen LogP contribution in [0.25, 0.3) is 0 Å². The Balaban J connectivity index is 1.44. The van der Waals surface area contributed by atoms with E-state index in [0.717, 1.165) is 16.3 Å². The summed E-state index contributed by atoms with van der Waals surface area (Å²) in [4.78, 5) is 28.1. The van der Waals surface area contributed by atoms with Crippen LogP contribution in [0.2, 0.25) is 0 Å². The fraction of sp³-hybridized carbons (Fsp3) is 0.235. The van der Waals surface area contributed by atoms with Gasteiger partial charge in [0.05, 0.1) is 17.5 Å². The third-order valence-electron chi connectivity index (χ3n) is 3.59. The van der Waals surface area contributed by atoms with Crippen molar-refractivity contribution in [3.63, 3.8) is 0 Å². The highest BCUT2D eigenvalue weighted by molar-refractivity contribution is 7.99. The van der Waals surface area contributed by atoms with Gasteiger partial charge in [0.2, 0.25) is 5.91 Å². The van der Waals surface area contributed by atoms with Gasteiger partial charge >= 0.3 is 0 Å². The number of nitrogens with zero attached hydrogens (tertiary/aromatic N) is 1. The molecule has 0 unspecified atom stereocenters. The predicted octanol–water partition coefficient (Wildman–Crippen LogP) is 2.16. The van der Waals surface area contributed by atoms with Crippen LogP contribution in [0.15, 0.2) is 53.7 Å². The van der Waals surface area contributed by atoms with Crippen LogP contribution in [0.3, 0.4) is 0 Å². The van der Waals surface area contributed by atoms with Crippen molar-refractivity contribution in [2.45, 2.75) is 17.5 Å². The lowest BCUT2D eigenvalue weighted by Crippen LogP contribution is -2.30. The van der Waals surface area contributed by atoms with Crippen LogP contribution in [0.5, 0.6) is 0 Å². The maximum atomic E-state index is 12.0. The number of pyridine rings is 1. The minimum absolute atomic E-state index is 0.0615. The first kappa shape index (κ1) is 15.6. The van der Waals surface area contributed by atoms with E-state index in [0.29, 0.717) is 12.1 Å². The van der Waals surface area contributed by atoms with E-state index < -0.39 is 0 Å². The highest BCUT2D eigenvalue weighted by atomic mass is 32.2. The van der Waals surface area contributed by atoms with Crippen LogP contribution in [0, 0.1) is 0 Å². The molecule has 2 amide bonds. The molecular formula is C17H17N3O2S. The van der Waals surface area contributed by atoms with Crippen molar-refractivity contribution in [1.29, 1.82) is 0 Å². The zero-order valence-electron chi connectivity index (χ0n) is 12.5. The molecule has 2 aromatic rings. The summed E-state index contributed by atoms with van der Waals surface area (Å²) in [6.45, 7) is 0.572. The molecule has 0 aliphatic carbocycles. The molecule has 1 aromatic carbocycles. The summed E-state index contributed by atoms with van der Waals surface area (Å²) in [6, 6.07) is 12.9. The van der Waals surface area contributed by atoms with Crippen molar-refractivity contribution >= 4 is 23.6 Å². The molecule has 0 radical (unpaired) electrons. The van der Waals surface area contributed by atoms with Gasteiger partial charge < -0.3 is 10.6 Å². The Kier molecular flexibility index (Phi) is 4.92. The zero-order valence-corrected chi connectivity index (χ0v) is 13.3. The quantitative estimate of drug-likeness (QED) is 0.630. The molecule has 0 saturated heterocycles. The second-order valence-corrected chi connectivity index (χ2v) is 6.30. The molecule has 0 saturated carbocycles. The smallest absolute Gasteiger partial charge is 0.252 e. The molecule has 0 bridgehead atoms. The third-order valence-corrected chi connectivity index (χ3v) is 4.53. The van der Waals surface area contributed by atoms with Gasteiger partial charge in [0.15, 0.2) is 0 Å². The van der Waals surface area contributed by atoms with Crippen LogP contribution < -0.4 is 10.6 Å². The molecular weight excluding hydrogens is 310 g/mol. The number of fused-ring (bicyclic) bond motifs is 1. The molecule has 5 nitrogen and oxygen atoms in total. The van der Waals surface area contributed by atoms with Crippen molar-refractivity contribution in [3.8, 4) is 0 Å².